The van der Waals surface area contributed by atoms with Crippen LogP contribution >= 0.6 is 0 Å². The zero-order valence-electron chi connectivity index (χ0n) is 16.5. The first-order valence-electron chi connectivity index (χ1n) is 10.4. The normalized spacial score (nSPS) is 19.5. The van der Waals surface area contributed by atoms with E-state index in [1.54, 1.807) is 4.90 Å². The van der Waals surface area contributed by atoms with Gasteiger partial charge in [-0.05, 0) is 42.4 Å². The largest absolute Gasteiger partial charge is 0.341 e. The zero-order valence-corrected chi connectivity index (χ0v) is 16.5. The van der Waals surface area contributed by atoms with Gasteiger partial charge in [-0.3, -0.25) is 14.5 Å². The third-order valence-electron chi connectivity index (χ3n) is 6.13. The maximum Gasteiger partial charge on any atom is 0.246 e. The van der Waals surface area contributed by atoms with Crippen molar-refractivity contribution in [2.75, 3.05) is 18.0 Å². The van der Waals surface area contributed by atoms with E-state index in [0.717, 1.165) is 43.6 Å². The van der Waals surface area contributed by atoms with Crippen molar-refractivity contribution >= 4 is 17.5 Å². The molecule has 2 aliphatic rings. The highest BCUT2D eigenvalue weighted by Crippen LogP contribution is 2.34. The fraction of sp³-hybridized carbons (Fsp3) is 0.417. The molecule has 1 fully saturated rings. The molecular formula is C24H28N2O2. The molecule has 0 aromatic heterocycles. The van der Waals surface area contributed by atoms with Crippen LogP contribution in [0.2, 0.25) is 0 Å². The zero-order chi connectivity index (χ0) is 19.5. The SMILES string of the molecule is CCC(=O)N1c2ccccc2CC1C(=O)N1CCC(Cc2ccccc2)CC1. The maximum atomic E-state index is 13.3. The van der Waals surface area contributed by atoms with Crippen molar-refractivity contribution in [3.05, 3.63) is 65.7 Å². The Balaban J connectivity index is 1.41. The molecule has 4 rings (SSSR count). The predicted octanol–water partition coefficient (Wildman–Crippen LogP) is 3.84. The third kappa shape index (κ3) is 3.68. The number of likely N-dealkylation sites (tertiary alicyclic amines) is 1. The summed E-state index contributed by atoms with van der Waals surface area (Å²) in [6.07, 6.45) is 4.18. The number of carbonyl (C=O) groups is 2. The van der Waals surface area contributed by atoms with Crippen LogP contribution in [0.15, 0.2) is 54.6 Å². The van der Waals surface area contributed by atoms with Gasteiger partial charge in [0.1, 0.15) is 6.04 Å². The number of anilines is 1. The van der Waals surface area contributed by atoms with E-state index >= 15 is 0 Å². The Bertz CT molecular complexity index is 841. The van der Waals surface area contributed by atoms with Gasteiger partial charge in [-0.25, -0.2) is 0 Å². The van der Waals surface area contributed by atoms with Gasteiger partial charge in [0, 0.05) is 31.6 Å². The number of rotatable bonds is 4. The molecule has 146 valence electrons. The molecule has 1 unspecified atom stereocenters. The van der Waals surface area contributed by atoms with Crippen molar-refractivity contribution < 1.29 is 9.59 Å². The van der Waals surface area contributed by atoms with E-state index in [9.17, 15) is 9.59 Å². The molecule has 0 bridgehead atoms. The summed E-state index contributed by atoms with van der Waals surface area (Å²) < 4.78 is 0. The van der Waals surface area contributed by atoms with Crippen LogP contribution in [-0.4, -0.2) is 35.8 Å². The molecule has 1 saturated heterocycles. The van der Waals surface area contributed by atoms with Crippen LogP contribution in [0.3, 0.4) is 0 Å². The monoisotopic (exact) mass is 376 g/mol. The van der Waals surface area contributed by atoms with E-state index in [-0.39, 0.29) is 17.9 Å². The second kappa shape index (κ2) is 8.17. The quantitative estimate of drug-likeness (QED) is 0.814. The summed E-state index contributed by atoms with van der Waals surface area (Å²) in [6.45, 7) is 3.44. The summed E-state index contributed by atoms with van der Waals surface area (Å²) in [6, 6.07) is 18.1. The lowest BCUT2D eigenvalue weighted by molar-refractivity contribution is -0.135. The summed E-state index contributed by atoms with van der Waals surface area (Å²) >= 11 is 0. The molecule has 2 aromatic carbocycles. The van der Waals surface area contributed by atoms with E-state index < -0.39 is 0 Å². The Hall–Kier alpha value is -2.62. The number of hydrogen-bond donors (Lipinski definition) is 0. The highest BCUT2D eigenvalue weighted by atomic mass is 16.2. The average Bonchev–Trinajstić information content (AvgIpc) is 3.13. The van der Waals surface area contributed by atoms with E-state index in [1.807, 2.05) is 42.2 Å². The molecule has 2 aliphatic heterocycles. The van der Waals surface area contributed by atoms with Gasteiger partial charge in [0.25, 0.3) is 0 Å². The number of amides is 2. The number of benzene rings is 2. The molecule has 4 nitrogen and oxygen atoms in total. The summed E-state index contributed by atoms with van der Waals surface area (Å²) in [5.74, 6) is 0.763. The van der Waals surface area contributed by atoms with Gasteiger partial charge in [0.15, 0.2) is 0 Å². The Kier molecular flexibility index (Phi) is 5.47. The Morgan fingerprint density at radius 2 is 1.64 bits per heavy atom. The predicted molar refractivity (Wildman–Crippen MR) is 111 cm³/mol. The van der Waals surface area contributed by atoms with Crippen LogP contribution in [0.25, 0.3) is 0 Å². The van der Waals surface area contributed by atoms with Gasteiger partial charge >= 0.3 is 0 Å². The molecule has 28 heavy (non-hydrogen) atoms. The first-order valence-corrected chi connectivity index (χ1v) is 10.4. The molecule has 2 aromatic rings. The Morgan fingerprint density at radius 1 is 0.964 bits per heavy atom. The van der Waals surface area contributed by atoms with E-state index in [4.69, 9.17) is 0 Å². The third-order valence-corrected chi connectivity index (χ3v) is 6.13. The number of hydrogen-bond acceptors (Lipinski definition) is 2. The highest BCUT2D eigenvalue weighted by Gasteiger charge is 2.40. The summed E-state index contributed by atoms with van der Waals surface area (Å²) in [5, 5.41) is 0. The minimum atomic E-state index is -0.379. The lowest BCUT2D eigenvalue weighted by Gasteiger charge is -2.35. The van der Waals surface area contributed by atoms with Gasteiger partial charge in [-0.15, -0.1) is 0 Å². The molecule has 0 aliphatic carbocycles. The second-order valence-corrected chi connectivity index (χ2v) is 7.92. The van der Waals surface area contributed by atoms with Crippen LogP contribution in [0.1, 0.15) is 37.3 Å². The number of carbonyl (C=O) groups excluding carboxylic acids is 2. The minimum Gasteiger partial charge on any atom is -0.341 e. The van der Waals surface area contributed by atoms with Gasteiger partial charge < -0.3 is 4.90 Å². The summed E-state index contributed by atoms with van der Waals surface area (Å²) in [5.41, 5.74) is 3.38. The fourth-order valence-electron chi connectivity index (χ4n) is 4.58. The molecule has 0 spiro atoms. The van der Waals surface area contributed by atoms with Crippen LogP contribution in [-0.2, 0) is 22.4 Å². The number of piperidine rings is 1. The molecular weight excluding hydrogens is 348 g/mol. The van der Waals surface area contributed by atoms with Crippen LogP contribution < -0.4 is 4.90 Å². The molecule has 0 N–H and O–H groups in total. The number of para-hydroxylation sites is 1. The van der Waals surface area contributed by atoms with E-state index in [1.165, 1.54) is 5.56 Å². The molecule has 4 heteroatoms. The van der Waals surface area contributed by atoms with Crippen molar-refractivity contribution in [2.45, 2.75) is 45.1 Å². The minimum absolute atomic E-state index is 0.0299. The maximum absolute atomic E-state index is 13.3. The van der Waals surface area contributed by atoms with Crippen molar-refractivity contribution in [1.29, 1.82) is 0 Å². The van der Waals surface area contributed by atoms with Crippen molar-refractivity contribution in [3.8, 4) is 0 Å². The molecule has 1 atom stereocenters. The summed E-state index contributed by atoms with van der Waals surface area (Å²) in [4.78, 5) is 29.6. The van der Waals surface area contributed by atoms with Crippen LogP contribution in [0, 0.1) is 5.92 Å². The first kappa shape index (κ1) is 18.7. The smallest absolute Gasteiger partial charge is 0.246 e. The van der Waals surface area contributed by atoms with Crippen molar-refractivity contribution in [1.82, 2.24) is 4.90 Å². The first-order chi connectivity index (χ1) is 13.7. The fourth-order valence-corrected chi connectivity index (χ4v) is 4.58. The van der Waals surface area contributed by atoms with Gasteiger partial charge in [0.2, 0.25) is 11.8 Å². The van der Waals surface area contributed by atoms with Gasteiger partial charge in [0.05, 0.1) is 0 Å². The standard InChI is InChI=1S/C24H28N2O2/c1-2-23(27)26-21-11-7-6-10-20(21)17-22(26)24(28)25-14-12-19(13-15-25)16-18-8-4-3-5-9-18/h3-11,19,22H,2,12-17H2,1H3. The van der Waals surface area contributed by atoms with Crippen molar-refractivity contribution in [2.24, 2.45) is 5.92 Å². The Morgan fingerprint density at radius 3 is 2.36 bits per heavy atom. The highest BCUT2D eigenvalue weighted by molar-refractivity contribution is 6.03. The molecule has 2 heterocycles. The number of nitrogens with zero attached hydrogens (tertiary/aromatic N) is 2. The number of fused-ring (bicyclic) bond motifs is 1. The lowest BCUT2D eigenvalue weighted by atomic mass is 9.90. The Labute approximate surface area is 167 Å². The van der Waals surface area contributed by atoms with Crippen LogP contribution in [0.4, 0.5) is 5.69 Å². The van der Waals surface area contributed by atoms with E-state index in [2.05, 4.69) is 24.3 Å². The molecule has 0 radical (unpaired) electrons. The van der Waals surface area contributed by atoms with Crippen LogP contribution in [0.5, 0.6) is 0 Å². The van der Waals surface area contributed by atoms with Gasteiger partial charge in [-0.1, -0.05) is 55.5 Å². The van der Waals surface area contributed by atoms with Gasteiger partial charge in [-0.2, -0.15) is 0 Å². The summed E-state index contributed by atoms with van der Waals surface area (Å²) in [7, 11) is 0. The molecule has 2 amide bonds. The van der Waals surface area contributed by atoms with Crippen molar-refractivity contribution in [3.63, 3.8) is 0 Å². The topological polar surface area (TPSA) is 40.6 Å². The average molecular weight is 377 g/mol. The molecule has 0 saturated carbocycles. The lowest BCUT2D eigenvalue weighted by Crippen LogP contribution is -2.51. The second-order valence-electron chi connectivity index (χ2n) is 7.92. The van der Waals surface area contributed by atoms with E-state index in [0.29, 0.717) is 18.8 Å².